The highest BCUT2D eigenvalue weighted by molar-refractivity contribution is 7.92. The largest absolute Gasteiger partial charge is 0.341 e. The van der Waals surface area contributed by atoms with Gasteiger partial charge in [-0.15, -0.1) is 0 Å². The Morgan fingerprint density at radius 3 is 2.48 bits per heavy atom. The van der Waals surface area contributed by atoms with E-state index >= 15 is 0 Å². The Bertz CT molecular complexity index is 751. The highest BCUT2D eigenvalue weighted by Crippen LogP contribution is 2.24. The average Bonchev–Trinajstić information content (AvgIpc) is 3.09. The highest BCUT2D eigenvalue weighted by atomic mass is 32.2. The third-order valence-corrected chi connectivity index (χ3v) is 6.35. The third kappa shape index (κ3) is 3.42. The number of piperidine rings is 1. The van der Waals surface area contributed by atoms with Gasteiger partial charge in [0.2, 0.25) is 5.91 Å². The lowest BCUT2D eigenvalue weighted by molar-refractivity contribution is -0.132. The van der Waals surface area contributed by atoms with Crippen LogP contribution in [-0.4, -0.2) is 52.3 Å². The molecule has 1 aromatic heterocycles. The fourth-order valence-corrected chi connectivity index (χ4v) is 4.52. The van der Waals surface area contributed by atoms with E-state index < -0.39 is 15.1 Å². The number of carbonyl (C=O) groups excluding carboxylic acids is 1. The van der Waals surface area contributed by atoms with Gasteiger partial charge < -0.3 is 4.90 Å². The van der Waals surface area contributed by atoms with Crippen molar-refractivity contribution in [2.45, 2.75) is 29.5 Å². The van der Waals surface area contributed by atoms with Gasteiger partial charge in [0.05, 0.1) is 10.1 Å². The van der Waals surface area contributed by atoms with Gasteiger partial charge in [-0.05, 0) is 25.0 Å². The van der Waals surface area contributed by atoms with Gasteiger partial charge in [0.15, 0.2) is 9.84 Å². The van der Waals surface area contributed by atoms with Crippen molar-refractivity contribution in [1.29, 1.82) is 0 Å². The highest BCUT2D eigenvalue weighted by Gasteiger charge is 2.32. The van der Waals surface area contributed by atoms with Crippen LogP contribution in [0.1, 0.15) is 12.8 Å². The van der Waals surface area contributed by atoms with Gasteiger partial charge in [0.1, 0.15) is 19.2 Å². The van der Waals surface area contributed by atoms with Crippen LogP contribution in [0.25, 0.3) is 0 Å². The van der Waals surface area contributed by atoms with Gasteiger partial charge in [-0.3, -0.25) is 4.79 Å². The van der Waals surface area contributed by atoms with E-state index in [1.165, 1.54) is 17.3 Å². The quantitative estimate of drug-likeness (QED) is 0.823. The first-order valence-corrected chi connectivity index (χ1v) is 9.01. The van der Waals surface area contributed by atoms with Crippen LogP contribution < -0.4 is 0 Å². The second kappa shape index (κ2) is 6.49. The van der Waals surface area contributed by atoms with Crippen molar-refractivity contribution in [1.82, 2.24) is 19.7 Å². The molecule has 1 aromatic carbocycles. The molecule has 0 atom stereocenters. The molecule has 0 saturated carbocycles. The zero-order valence-corrected chi connectivity index (χ0v) is 13.4. The van der Waals surface area contributed by atoms with Crippen LogP contribution in [-0.2, 0) is 21.2 Å². The Morgan fingerprint density at radius 2 is 1.87 bits per heavy atom. The van der Waals surface area contributed by atoms with Crippen LogP contribution in [0.5, 0.6) is 0 Å². The fraction of sp³-hybridized carbons (Fsp3) is 0.400. The second-order valence-corrected chi connectivity index (χ2v) is 7.76. The predicted molar refractivity (Wildman–Crippen MR) is 83.3 cm³/mol. The van der Waals surface area contributed by atoms with Gasteiger partial charge >= 0.3 is 0 Å². The topological polar surface area (TPSA) is 85.2 Å². The van der Waals surface area contributed by atoms with Gasteiger partial charge in [-0.2, -0.15) is 5.10 Å². The summed E-state index contributed by atoms with van der Waals surface area (Å²) in [5, 5.41) is 3.48. The summed E-state index contributed by atoms with van der Waals surface area (Å²) in [6.07, 6.45) is 3.79. The van der Waals surface area contributed by atoms with Crippen molar-refractivity contribution in [3.05, 3.63) is 43.0 Å². The molecule has 8 heteroatoms. The lowest BCUT2D eigenvalue weighted by Gasteiger charge is -2.31. The maximum absolute atomic E-state index is 12.6. The molecule has 3 rings (SSSR count). The summed E-state index contributed by atoms with van der Waals surface area (Å²) in [4.78, 5) is 18.0. The van der Waals surface area contributed by atoms with Gasteiger partial charge in [-0.25, -0.2) is 18.1 Å². The van der Waals surface area contributed by atoms with Crippen molar-refractivity contribution in [3.8, 4) is 0 Å². The number of carbonyl (C=O) groups is 1. The van der Waals surface area contributed by atoms with Crippen LogP contribution in [0.15, 0.2) is 47.9 Å². The minimum absolute atomic E-state index is 0.0638. The number of sulfone groups is 1. The summed E-state index contributed by atoms with van der Waals surface area (Å²) in [5.41, 5.74) is 0. The minimum Gasteiger partial charge on any atom is -0.341 e. The molecular weight excluding hydrogens is 316 g/mol. The molecule has 1 fully saturated rings. The van der Waals surface area contributed by atoms with E-state index in [1.807, 2.05) is 0 Å². The first kappa shape index (κ1) is 15.7. The Labute approximate surface area is 134 Å². The van der Waals surface area contributed by atoms with Crippen molar-refractivity contribution in [2.24, 2.45) is 0 Å². The summed E-state index contributed by atoms with van der Waals surface area (Å²) in [6, 6.07) is 8.49. The average molecular weight is 334 g/mol. The number of hydrogen-bond donors (Lipinski definition) is 0. The molecule has 2 aromatic rings. The number of benzene rings is 1. The van der Waals surface area contributed by atoms with Gasteiger partial charge in [-0.1, -0.05) is 18.2 Å². The number of rotatable bonds is 4. The maximum atomic E-state index is 12.6. The number of likely N-dealkylation sites (tertiary alicyclic amines) is 1. The zero-order chi connectivity index (χ0) is 16.3. The SMILES string of the molecule is O=C(Cn1cncn1)N1CCC(S(=O)(=O)c2ccccc2)CC1. The molecule has 0 spiro atoms. The molecule has 1 saturated heterocycles. The normalized spacial score (nSPS) is 16.4. The smallest absolute Gasteiger partial charge is 0.244 e. The monoisotopic (exact) mass is 334 g/mol. The lowest BCUT2D eigenvalue weighted by atomic mass is 10.1. The summed E-state index contributed by atoms with van der Waals surface area (Å²) < 4.78 is 26.7. The standard InChI is InChI=1S/C15H18N4O3S/c20-15(10-19-12-16-11-17-19)18-8-6-14(7-9-18)23(21,22)13-4-2-1-3-5-13/h1-5,11-12,14H,6-10H2. The molecule has 1 amide bonds. The molecule has 122 valence electrons. The number of amides is 1. The van der Waals surface area contributed by atoms with E-state index in [1.54, 1.807) is 35.2 Å². The van der Waals surface area contributed by atoms with Crippen LogP contribution in [0.3, 0.4) is 0 Å². The Kier molecular flexibility index (Phi) is 4.42. The van der Waals surface area contributed by atoms with Gasteiger partial charge in [0, 0.05) is 13.1 Å². The molecule has 1 aliphatic heterocycles. The molecule has 7 nitrogen and oxygen atoms in total. The molecule has 0 aliphatic carbocycles. The van der Waals surface area contributed by atoms with Crippen LogP contribution in [0, 0.1) is 0 Å². The third-order valence-electron chi connectivity index (χ3n) is 4.07. The molecule has 0 radical (unpaired) electrons. The molecule has 0 unspecified atom stereocenters. The predicted octanol–water partition coefficient (Wildman–Crippen LogP) is 0.743. The maximum Gasteiger partial charge on any atom is 0.244 e. The van der Waals surface area contributed by atoms with E-state index in [9.17, 15) is 13.2 Å². The number of nitrogens with zero attached hydrogens (tertiary/aromatic N) is 4. The molecule has 0 N–H and O–H groups in total. The minimum atomic E-state index is -3.33. The van der Waals surface area contributed by atoms with Crippen molar-refractivity contribution in [3.63, 3.8) is 0 Å². The molecular formula is C15H18N4O3S. The molecule has 2 heterocycles. The van der Waals surface area contributed by atoms with E-state index in [4.69, 9.17) is 0 Å². The summed E-state index contributed by atoms with van der Waals surface area (Å²) in [7, 11) is -3.33. The van der Waals surface area contributed by atoms with Crippen molar-refractivity contribution in [2.75, 3.05) is 13.1 Å². The Morgan fingerprint density at radius 1 is 1.17 bits per heavy atom. The summed E-state index contributed by atoms with van der Waals surface area (Å²) in [5.74, 6) is -0.0638. The number of aromatic nitrogens is 3. The van der Waals surface area contributed by atoms with E-state index in [0.29, 0.717) is 30.8 Å². The molecule has 1 aliphatic rings. The van der Waals surface area contributed by atoms with Gasteiger partial charge in [0.25, 0.3) is 0 Å². The first-order valence-electron chi connectivity index (χ1n) is 7.46. The Balaban J connectivity index is 1.61. The van der Waals surface area contributed by atoms with Crippen LogP contribution in [0.4, 0.5) is 0 Å². The number of hydrogen-bond acceptors (Lipinski definition) is 5. The van der Waals surface area contributed by atoms with Crippen molar-refractivity contribution >= 4 is 15.7 Å². The van der Waals surface area contributed by atoms with Crippen LogP contribution >= 0.6 is 0 Å². The fourth-order valence-electron chi connectivity index (χ4n) is 2.77. The van der Waals surface area contributed by atoms with E-state index in [-0.39, 0.29) is 12.5 Å². The zero-order valence-electron chi connectivity index (χ0n) is 12.6. The van der Waals surface area contributed by atoms with Crippen LogP contribution in [0.2, 0.25) is 0 Å². The van der Waals surface area contributed by atoms with E-state index in [2.05, 4.69) is 10.1 Å². The molecule has 23 heavy (non-hydrogen) atoms. The van der Waals surface area contributed by atoms with E-state index in [0.717, 1.165) is 0 Å². The summed E-state index contributed by atoms with van der Waals surface area (Å²) >= 11 is 0. The lowest BCUT2D eigenvalue weighted by Crippen LogP contribution is -2.43. The molecule has 0 bridgehead atoms. The Hall–Kier alpha value is -2.22. The van der Waals surface area contributed by atoms with Crippen molar-refractivity contribution < 1.29 is 13.2 Å². The first-order chi connectivity index (χ1) is 11.1. The second-order valence-electron chi connectivity index (χ2n) is 5.53. The summed E-state index contributed by atoms with van der Waals surface area (Å²) in [6.45, 7) is 1.03.